The lowest BCUT2D eigenvalue weighted by Crippen LogP contribution is -2.37. The van der Waals surface area contributed by atoms with Crippen LogP contribution >= 0.6 is 22.6 Å². The Hall–Kier alpha value is 0.160. The highest BCUT2D eigenvalue weighted by atomic mass is 127. The van der Waals surface area contributed by atoms with Crippen molar-refractivity contribution in [3.63, 3.8) is 0 Å². The Kier molecular flexibility index (Phi) is 6.68. The van der Waals surface area contributed by atoms with Crippen molar-refractivity contribution in [3.05, 3.63) is 0 Å². The van der Waals surface area contributed by atoms with Crippen molar-refractivity contribution in [3.8, 4) is 0 Å². The molecule has 1 unspecified atom stereocenters. The second-order valence-corrected chi connectivity index (χ2v) is 5.40. The third-order valence-corrected chi connectivity index (χ3v) is 2.37. The number of carbonyl (C=O) groups is 1. The first-order valence-electron chi connectivity index (χ1n) is 4.91. The van der Waals surface area contributed by atoms with Crippen LogP contribution in [0.5, 0.6) is 0 Å². The zero-order chi connectivity index (χ0) is 11.2. The van der Waals surface area contributed by atoms with Gasteiger partial charge in [-0.3, -0.25) is 4.79 Å². The summed E-state index contributed by atoms with van der Waals surface area (Å²) in [6.07, 6.45) is 2.82. The van der Waals surface area contributed by atoms with Crippen LogP contribution in [0.25, 0.3) is 0 Å². The van der Waals surface area contributed by atoms with E-state index in [4.69, 9.17) is 10.5 Å². The highest BCUT2D eigenvalue weighted by Crippen LogP contribution is 2.10. The van der Waals surface area contributed by atoms with Crippen molar-refractivity contribution >= 4 is 28.6 Å². The van der Waals surface area contributed by atoms with Gasteiger partial charge in [0.15, 0.2) is 0 Å². The number of hydrogen-bond donors (Lipinski definition) is 1. The molecular weight excluding hydrogens is 293 g/mol. The van der Waals surface area contributed by atoms with Crippen molar-refractivity contribution in [1.82, 2.24) is 0 Å². The maximum Gasteiger partial charge on any atom is 0.323 e. The van der Waals surface area contributed by atoms with E-state index in [-0.39, 0.29) is 5.97 Å². The van der Waals surface area contributed by atoms with Gasteiger partial charge in [-0.05, 0) is 38.0 Å². The first kappa shape index (κ1) is 14.2. The SMILES string of the molecule is CC(C)(C)OC(=O)C(N)CCCCI. The maximum absolute atomic E-state index is 11.4. The van der Waals surface area contributed by atoms with Gasteiger partial charge in [0.2, 0.25) is 0 Å². The zero-order valence-corrected chi connectivity index (χ0v) is 11.3. The number of alkyl halides is 1. The summed E-state index contributed by atoms with van der Waals surface area (Å²) in [4.78, 5) is 11.4. The lowest BCUT2D eigenvalue weighted by atomic mass is 10.1. The van der Waals surface area contributed by atoms with Crippen LogP contribution in [0, 0.1) is 0 Å². The summed E-state index contributed by atoms with van der Waals surface area (Å²) in [6.45, 7) is 5.55. The van der Waals surface area contributed by atoms with Gasteiger partial charge in [-0.25, -0.2) is 0 Å². The van der Waals surface area contributed by atoms with E-state index >= 15 is 0 Å². The molecule has 0 aliphatic rings. The Balaban J connectivity index is 3.77. The average Bonchev–Trinajstić information content (AvgIpc) is 2.01. The average molecular weight is 313 g/mol. The molecule has 0 aromatic rings. The van der Waals surface area contributed by atoms with Gasteiger partial charge in [0.25, 0.3) is 0 Å². The number of esters is 1. The van der Waals surface area contributed by atoms with Crippen LogP contribution < -0.4 is 5.73 Å². The van der Waals surface area contributed by atoms with Gasteiger partial charge in [0.1, 0.15) is 11.6 Å². The summed E-state index contributed by atoms with van der Waals surface area (Å²) in [5, 5.41) is 0. The number of ether oxygens (including phenoxy) is 1. The van der Waals surface area contributed by atoms with E-state index in [9.17, 15) is 4.79 Å². The van der Waals surface area contributed by atoms with E-state index in [0.29, 0.717) is 0 Å². The predicted octanol–water partition coefficient (Wildman–Crippen LogP) is 2.26. The summed E-state index contributed by atoms with van der Waals surface area (Å²) in [7, 11) is 0. The second kappa shape index (κ2) is 6.61. The summed E-state index contributed by atoms with van der Waals surface area (Å²) in [6, 6.07) is -0.461. The lowest BCUT2D eigenvalue weighted by molar-refractivity contribution is -0.156. The van der Waals surface area contributed by atoms with E-state index in [2.05, 4.69) is 22.6 Å². The summed E-state index contributed by atoms with van der Waals surface area (Å²) < 4.78 is 6.27. The highest BCUT2D eigenvalue weighted by molar-refractivity contribution is 14.1. The fourth-order valence-corrected chi connectivity index (χ4v) is 1.49. The topological polar surface area (TPSA) is 52.3 Å². The zero-order valence-electron chi connectivity index (χ0n) is 9.18. The Labute approximate surface area is 99.9 Å². The van der Waals surface area contributed by atoms with E-state index in [1.807, 2.05) is 20.8 Å². The van der Waals surface area contributed by atoms with Gasteiger partial charge in [0, 0.05) is 0 Å². The smallest absolute Gasteiger partial charge is 0.323 e. The molecular formula is C10H20INO2. The molecule has 0 aliphatic heterocycles. The van der Waals surface area contributed by atoms with Crippen LogP contribution in [-0.2, 0) is 9.53 Å². The Morgan fingerprint density at radius 1 is 1.43 bits per heavy atom. The monoisotopic (exact) mass is 313 g/mol. The maximum atomic E-state index is 11.4. The summed E-state index contributed by atoms with van der Waals surface area (Å²) >= 11 is 2.32. The van der Waals surface area contributed by atoms with Gasteiger partial charge < -0.3 is 10.5 Å². The van der Waals surface area contributed by atoms with Gasteiger partial charge in [-0.2, -0.15) is 0 Å². The van der Waals surface area contributed by atoms with Gasteiger partial charge in [0.05, 0.1) is 0 Å². The molecule has 2 N–H and O–H groups in total. The standard InChI is InChI=1S/C10H20INO2/c1-10(2,3)14-9(13)8(12)6-4-5-7-11/h8H,4-7,12H2,1-3H3. The van der Waals surface area contributed by atoms with E-state index in [0.717, 1.165) is 23.7 Å². The molecule has 0 amide bonds. The molecule has 0 aromatic heterocycles. The minimum absolute atomic E-state index is 0.286. The van der Waals surface area contributed by atoms with E-state index in [1.165, 1.54) is 0 Å². The quantitative estimate of drug-likeness (QED) is 0.367. The van der Waals surface area contributed by atoms with Crippen molar-refractivity contribution in [1.29, 1.82) is 0 Å². The predicted molar refractivity (Wildman–Crippen MR) is 66.6 cm³/mol. The van der Waals surface area contributed by atoms with Crippen molar-refractivity contribution in [2.24, 2.45) is 5.73 Å². The van der Waals surface area contributed by atoms with Crippen LogP contribution in [0.2, 0.25) is 0 Å². The first-order chi connectivity index (χ1) is 6.37. The molecule has 0 fully saturated rings. The number of carbonyl (C=O) groups excluding carboxylic acids is 1. The largest absolute Gasteiger partial charge is 0.459 e. The summed E-state index contributed by atoms with van der Waals surface area (Å²) in [5.74, 6) is -0.286. The van der Waals surface area contributed by atoms with E-state index < -0.39 is 11.6 Å². The van der Waals surface area contributed by atoms with Crippen LogP contribution in [0.1, 0.15) is 40.0 Å². The Morgan fingerprint density at radius 3 is 2.43 bits per heavy atom. The molecule has 0 bridgehead atoms. The normalized spacial score (nSPS) is 13.8. The lowest BCUT2D eigenvalue weighted by Gasteiger charge is -2.22. The minimum atomic E-state index is -0.461. The Bertz CT molecular complexity index is 177. The van der Waals surface area contributed by atoms with Gasteiger partial charge >= 0.3 is 5.97 Å². The number of rotatable bonds is 5. The number of unbranched alkanes of at least 4 members (excludes halogenated alkanes) is 1. The molecule has 0 spiro atoms. The molecule has 14 heavy (non-hydrogen) atoms. The third kappa shape index (κ3) is 7.55. The molecule has 0 aliphatic carbocycles. The van der Waals surface area contributed by atoms with Crippen molar-refractivity contribution in [2.45, 2.75) is 51.7 Å². The Morgan fingerprint density at radius 2 is 2.00 bits per heavy atom. The van der Waals surface area contributed by atoms with Crippen LogP contribution in [0.3, 0.4) is 0 Å². The number of nitrogens with two attached hydrogens (primary N) is 1. The fraction of sp³-hybridized carbons (Fsp3) is 0.900. The molecule has 0 aromatic carbocycles. The molecule has 0 saturated heterocycles. The van der Waals surface area contributed by atoms with E-state index in [1.54, 1.807) is 0 Å². The number of hydrogen-bond acceptors (Lipinski definition) is 3. The van der Waals surface area contributed by atoms with Crippen LogP contribution in [0.15, 0.2) is 0 Å². The van der Waals surface area contributed by atoms with Crippen molar-refractivity contribution < 1.29 is 9.53 Å². The van der Waals surface area contributed by atoms with Crippen LogP contribution in [-0.4, -0.2) is 22.0 Å². The van der Waals surface area contributed by atoms with Gasteiger partial charge in [-0.1, -0.05) is 29.0 Å². The first-order valence-corrected chi connectivity index (χ1v) is 6.44. The number of halogens is 1. The molecule has 4 heteroatoms. The van der Waals surface area contributed by atoms with Crippen molar-refractivity contribution in [2.75, 3.05) is 4.43 Å². The molecule has 1 atom stereocenters. The molecule has 0 heterocycles. The fourth-order valence-electron chi connectivity index (χ4n) is 0.954. The molecule has 3 nitrogen and oxygen atoms in total. The molecule has 0 saturated carbocycles. The third-order valence-electron chi connectivity index (χ3n) is 1.61. The second-order valence-electron chi connectivity index (χ2n) is 4.32. The molecule has 0 rings (SSSR count). The molecule has 84 valence electrons. The summed E-state index contributed by atoms with van der Waals surface area (Å²) in [5.41, 5.74) is 5.26. The highest BCUT2D eigenvalue weighted by Gasteiger charge is 2.21. The minimum Gasteiger partial charge on any atom is -0.459 e. The molecule has 0 radical (unpaired) electrons. The van der Waals surface area contributed by atoms with Crippen LogP contribution in [0.4, 0.5) is 0 Å². The van der Waals surface area contributed by atoms with Gasteiger partial charge in [-0.15, -0.1) is 0 Å².